The van der Waals surface area contributed by atoms with Crippen molar-refractivity contribution in [3.05, 3.63) is 0 Å². The first-order chi connectivity index (χ1) is 2.00. The third-order valence-corrected chi connectivity index (χ3v) is 0. The second kappa shape index (κ2) is 11.9. The zero-order valence-corrected chi connectivity index (χ0v) is 15.5. The van der Waals surface area contributed by atoms with Crippen molar-refractivity contribution in [3.63, 3.8) is 0 Å². The van der Waals surface area contributed by atoms with E-state index in [2.05, 4.69) is 0 Å². The van der Waals surface area contributed by atoms with Crippen molar-refractivity contribution in [1.82, 2.24) is 0 Å². The molecular weight excluding hydrogens is 261 g/mol. The van der Waals surface area contributed by atoms with Gasteiger partial charge in [0.05, 0.1) is 0 Å². The molecule has 0 bridgehead atoms. The van der Waals surface area contributed by atoms with Gasteiger partial charge < -0.3 is 20.4 Å². The van der Waals surface area contributed by atoms with Gasteiger partial charge in [0.15, 0.2) is 0 Å². The summed E-state index contributed by atoms with van der Waals surface area (Å²) in [5, 5.41) is 0. The maximum absolute atomic E-state index is 8.88. The standard InChI is InChI=1S/2K.H3O4P.Sr.4H/c;;1-5(2,3)4;;;;;/h;;(H3,1,2,3,4);;;;;/q2*+1;;+2;4*-1. The minimum atomic E-state index is -4.64. The van der Waals surface area contributed by atoms with Gasteiger partial charge in [-0.3, -0.25) is 0 Å². The second-order valence-corrected chi connectivity index (χ2v) is 1.54. The van der Waals surface area contributed by atoms with Gasteiger partial charge in [-0.25, -0.2) is 4.57 Å². The van der Waals surface area contributed by atoms with Crippen LogP contribution in [0, 0.1) is 0 Å². The SMILES string of the molecule is O=P(O)(O)O.[H-].[H-].[H-].[H-].[K+].[K+].[Sr+2]. The van der Waals surface area contributed by atoms with E-state index in [4.69, 9.17) is 19.2 Å². The molecule has 0 aliphatic carbocycles. The van der Waals surface area contributed by atoms with E-state index in [9.17, 15) is 0 Å². The molecule has 3 N–H and O–H groups in total. The Balaban J connectivity index is -0.00000000381. The molecule has 0 aromatic rings. The van der Waals surface area contributed by atoms with E-state index in [0.29, 0.717) is 0 Å². The molecular formula is H7K2O4PSr. The molecule has 40 valence electrons. The van der Waals surface area contributed by atoms with Crippen LogP contribution in [0.15, 0.2) is 0 Å². The van der Waals surface area contributed by atoms with Crippen molar-refractivity contribution < 1.29 is 128 Å². The number of hydrogen-bond acceptors (Lipinski definition) is 1. The molecule has 0 aromatic heterocycles. The molecule has 0 radical (unpaired) electrons. The van der Waals surface area contributed by atoms with Crippen LogP contribution in [0.5, 0.6) is 0 Å². The Morgan fingerprint density at radius 1 is 1.12 bits per heavy atom. The Labute approximate surface area is 175 Å². The van der Waals surface area contributed by atoms with Crippen molar-refractivity contribution in [2.24, 2.45) is 0 Å². The molecule has 0 rings (SSSR count). The first kappa shape index (κ1) is 23.0. The van der Waals surface area contributed by atoms with Crippen molar-refractivity contribution in [1.29, 1.82) is 0 Å². The predicted molar refractivity (Wildman–Crippen MR) is 24.5 cm³/mol. The van der Waals surface area contributed by atoms with Gasteiger partial charge in [0.1, 0.15) is 0 Å². The molecule has 8 heteroatoms. The summed E-state index contributed by atoms with van der Waals surface area (Å²) in [5.41, 5.74) is 0. The van der Waals surface area contributed by atoms with Crippen LogP contribution in [0.3, 0.4) is 0 Å². The average molecular weight is 268 g/mol. The topological polar surface area (TPSA) is 77.8 Å². The first-order valence-electron chi connectivity index (χ1n) is 0.783. The fourth-order valence-electron chi connectivity index (χ4n) is 0. The van der Waals surface area contributed by atoms with Crippen molar-refractivity contribution >= 4 is 53.3 Å². The first-order valence-corrected chi connectivity index (χ1v) is 2.35. The molecule has 0 saturated heterocycles. The maximum Gasteiger partial charge on any atom is 2.00 e. The summed E-state index contributed by atoms with van der Waals surface area (Å²) in [4.78, 5) is 21.6. The molecule has 0 fully saturated rings. The van der Waals surface area contributed by atoms with Crippen LogP contribution in [-0.2, 0) is 4.57 Å². The molecule has 0 atom stereocenters. The van der Waals surface area contributed by atoms with Gasteiger partial charge in [0, 0.05) is 0 Å². The number of phosphoric acid groups is 1. The predicted octanol–water partition coefficient (Wildman–Crippen LogP) is -6.85. The largest absolute Gasteiger partial charge is 2.00 e. The monoisotopic (exact) mass is 268 g/mol. The Hall–Kier alpha value is 4.86. The average Bonchev–Trinajstić information content (AvgIpc) is 0.722. The van der Waals surface area contributed by atoms with Gasteiger partial charge in [0.25, 0.3) is 0 Å². The minimum Gasteiger partial charge on any atom is -1.00 e. The Bertz CT molecular complexity index is 71.2. The summed E-state index contributed by atoms with van der Waals surface area (Å²) in [6, 6.07) is 0. The van der Waals surface area contributed by atoms with Crippen molar-refractivity contribution in [2.75, 3.05) is 0 Å². The Kier molecular flexibility index (Phi) is 34.2. The van der Waals surface area contributed by atoms with Gasteiger partial charge >= 0.3 is 156 Å². The van der Waals surface area contributed by atoms with E-state index in [1.165, 1.54) is 0 Å². The summed E-state index contributed by atoms with van der Waals surface area (Å²) in [6.45, 7) is 0. The molecule has 0 aliphatic rings. The second-order valence-electron chi connectivity index (χ2n) is 0.513. The third-order valence-electron chi connectivity index (χ3n) is 0. The van der Waals surface area contributed by atoms with E-state index in [1.54, 1.807) is 0 Å². The molecule has 0 unspecified atom stereocenters. The fraction of sp³-hybridized carbons (Fsp3) is 0. The van der Waals surface area contributed by atoms with Crippen LogP contribution in [0.2, 0.25) is 0 Å². The van der Waals surface area contributed by atoms with Crippen molar-refractivity contribution in [2.45, 2.75) is 0 Å². The van der Waals surface area contributed by atoms with E-state index in [0.717, 1.165) is 0 Å². The summed E-state index contributed by atoms with van der Waals surface area (Å²) >= 11 is 0. The molecule has 0 aliphatic heterocycles. The van der Waals surface area contributed by atoms with Gasteiger partial charge in [-0.1, -0.05) is 0 Å². The van der Waals surface area contributed by atoms with Crippen LogP contribution in [-0.4, -0.2) is 60.2 Å². The minimum absolute atomic E-state index is 0. The van der Waals surface area contributed by atoms with Crippen LogP contribution in [0.1, 0.15) is 5.71 Å². The Morgan fingerprint density at radius 3 is 1.12 bits per heavy atom. The molecule has 0 spiro atoms. The van der Waals surface area contributed by atoms with E-state index < -0.39 is 7.82 Å². The number of hydrogen-bond donors (Lipinski definition) is 3. The fourth-order valence-corrected chi connectivity index (χ4v) is 0. The maximum atomic E-state index is 8.88. The zero-order chi connectivity index (χ0) is 4.50. The molecule has 0 aromatic carbocycles. The summed E-state index contributed by atoms with van der Waals surface area (Å²) < 4.78 is 8.88. The van der Waals surface area contributed by atoms with E-state index in [1.807, 2.05) is 0 Å². The van der Waals surface area contributed by atoms with Gasteiger partial charge in [-0.2, -0.15) is 0 Å². The van der Waals surface area contributed by atoms with Crippen LogP contribution >= 0.6 is 7.82 Å². The molecule has 4 nitrogen and oxygen atoms in total. The van der Waals surface area contributed by atoms with E-state index in [-0.39, 0.29) is 154 Å². The summed E-state index contributed by atoms with van der Waals surface area (Å²) in [5.74, 6) is 0. The molecule has 8 heavy (non-hydrogen) atoms. The molecule has 0 amide bonds. The van der Waals surface area contributed by atoms with Crippen molar-refractivity contribution in [3.8, 4) is 0 Å². The van der Waals surface area contributed by atoms with Gasteiger partial charge in [0.2, 0.25) is 0 Å². The van der Waals surface area contributed by atoms with E-state index >= 15 is 0 Å². The normalized spacial score (nSPS) is 7.38. The smallest absolute Gasteiger partial charge is 1.00 e. The van der Waals surface area contributed by atoms with Crippen LogP contribution in [0.25, 0.3) is 0 Å². The third kappa shape index (κ3) is 44.7. The quantitative estimate of drug-likeness (QED) is 0.301. The number of rotatable bonds is 0. The Morgan fingerprint density at radius 2 is 1.12 bits per heavy atom. The molecule has 0 saturated carbocycles. The van der Waals surface area contributed by atoms with Gasteiger partial charge in [-0.15, -0.1) is 0 Å². The van der Waals surface area contributed by atoms with Gasteiger partial charge in [-0.05, 0) is 0 Å². The zero-order valence-electron chi connectivity index (χ0n) is 8.90. The summed E-state index contributed by atoms with van der Waals surface area (Å²) in [7, 11) is -4.64. The molecule has 0 heterocycles. The van der Waals surface area contributed by atoms with Crippen LogP contribution < -0.4 is 103 Å². The summed E-state index contributed by atoms with van der Waals surface area (Å²) in [6.07, 6.45) is 0. The van der Waals surface area contributed by atoms with Crippen LogP contribution in [0.4, 0.5) is 0 Å².